The molecule has 1 unspecified atom stereocenters. The van der Waals surface area contributed by atoms with E-state index in [-0.39, 0.29) is 18.3 Å². The minimum absolute atomic E-state index is 0. The highest BCUT2D eigenvalue weighted by molar-refractivity contribution is 5.85. The second-order valence-electron chi connectivity index (χ2n) is 4.71. The van der Waals surface area contributed by atoms with Crippen molar-refractivity contribution in [2.75, 3.05) is 13.1 Å². The lowest BCUT2D eigenvalue weighted by Crippen LogP contribution is -2.46. The Bertz CT molecular complexity index is 389. The average Bonchev–Trinajstić information content (AvgIpc) is 2.33. The molecule has 1 amide bonds. The molecular weight excluding hydrogens is 248 g/mol. The van der Waals surface area contributed by atoms with Crippen molar-refractivity contribution >= 4 is 18.3 Å². The van der Waals surface area contributed by atoms with Crippen LogP contribution in [0.2, 0.25) is 0 Å². The number of hydrogen-bond donors (Lipinski definition) is 2. The van der Waals surface area contributed by atoms with E-state index in [2.05, 4.69) is 10.6 Å². The van der Waals surface area contributed by atoms with Gasteiger partial charge < -0.3 is 10.6 Å². The van der Waals surface area contributed by atoms with Crippen molar-refractivity contribution in [1.82, 2.24) is 10.6 Å². The van der Waals surface area contributed by atoms with Gasteiger partial charge in [0.2, 0.25) is 5.91 Å². The molecule has 0 aromatic heterocycles. The van der Waals surface area contributed by atoms with Gasteiger partial charge in [0.05, 0.1) is 6.42 Å². The Morgan fingerprint density at radius 1 is 1.44 bits per heavy atom. The van der Waals surface area contributed by atoms with Gasteiger partial charge in [0.15, 0.2) is 0 Å². The molecule has 2 N–H and O–H groups in total. The first kappa shape index (κ1) is 15.0. The Balaban J connectivity index is 0.00000162. The fourth-order valence-electron chi connectivity index (χ4n) is 2.24. The maximum Gasteiger partial charge on any atom is 0.224 e. The fourth-order valence-corrected chi connectivity index (χ4v) is 2.24. The molecule has 0 spiro atoms. The molecule has 1 aromatic carbocycles. The van der Waals surface area contributed by atoms with Crippen molar-refractivity contribution in [3.05, 3.63) is 35.4 Å². The predicted molar refractivity (Wildman–Crippen MR) is 76.2 cm³/mol. The van der Waals surface area contributed by atoms with Crippen LogP contribution >= 0.6 is 12.4 Å². The molecule has 0 saturated carbocycles. The highest BCUT2D eigenvalue weighted by Crippen LogP contribution is 2.08. The summed E-state index contributed by atoms with van der Waals surface area (Å²) in [4.78, 5) is 11.9. The number of amides is 1. The highest BCUT2D eigenvalue weighted by atomic mass is 35.5. The monoisotopic (exact) mass is 268 g/mol. The van der Waals surface area contributed by atoms with Gasteiger partial charge in [-0.2, -0.15) is 0 Å². The van der Waals surface area contributed by atoms with Gasteiger partial charge >= 0.3 is 0 Å². The molecule has 1 aliphatic heterocycles. The molecule has 0 bridgehead atoms. The quantitative estimate of drug-likeness (QED) is 0.878. The SMILES string of the molecule is Cc1ccccc1CC(=O)NC1CCCNC1.Cl. The van der Waals surface area contributed by atoms with E-state index in [1.165, 1.54) is 5.56 Å². The third kappa shape index (κ3) is 4.31. The van der Waals surface area contributed by atoms with Gasteiger partial charge in [-0.05, 0) is 37.4 Å². The molecule has 1 aliphatic rings. The number of carbonyl (C=O) groups is 1. The number of aryl methyl sites for hydroxylation is 1. The zero-order valence-electron chi connectivity index (χ0n) is 10.7. The number of benzene rings is 1. The van der Waals surface area contributed by atoms with E-state index in [1.54, 1.807) is 0 Å². The van der Waals surface area contributed by atoms with Crippen LogP contribution in [0.3, 0.4) is 0 Å². The highest BCUT2D eigenvalue weighted by Gasteiger charge is 2.15. The van der Waals surface area contributed by atoms with Crippen molar-refractivity contribution in [2.24, 2.45) is 0 Å². The van der Waals surface area contributed by atoms with Crippen LogP contribution < -0.4 is 10.6 Å². The second-order valence-corrected chi connectivity index (χ2v) is 4.71. The Kier molecular flexibility index (Phi) is 6.16. The van der Waals surface area contributed by atoms with Crippen LogP contribution in [0, 0.1) is 6.92 Å². The van der Waals surface area contributed by atoms with Gasteiger partial charge in [-0.1, -0.05) is 24.3 Å². The molecule has 18 heavy (non-hydrogen) atoms. The van der Waals surface area contributed by atoms with Crippen molar-refractivity contribution in [2.45, 2.75) is 32.2 Å². The van der Waals surface area contributed by atoms with Gasteiger partial charge in [0, 0.05) is 12.6 Å². The van der Waals surface area contributed by atoms with Crippen LogP contribution in [0.1, 0.15) is 24.0 Å². The van der Waals surface area contributed by atoms with Crippen LogP contribution in [0.25, 0.3) is 0 Å². The number of halogens is 1. The van der Waals surface area contributed by atoms with E-state index >= 15 is 0 Å². The van der Waals surface area contributed by atoms with Crippen LogP contribution in [-0.4, -0.2) is 25.0 Å². The van der Waals surface area contributed by atoms with Crippen LogP contribution in [0.5, 0.6) is 0 Å². The van der Waals surface area contributed by atoms with E-state index in [0.29, 0.717) is 12.5 Å². The smallest absolute Gasteiger partial charge is 0.224 e. The maximum absolute atomic E-state index is 11.9. The topological polar surface area (TPSA) is 41.1 Å². The van der Waals surface area contributed by atoms with Gasteiger partial charge in [-0.15, -0.1) is 12.4 Å². The Morgan fingerprint density at radius 2 is 2.22 bits per heavy atom. The summed E-state index contributed by atoms with van der Waals surface area (Å²) in [7, 11) is 0. The van der Waals surface area contributed by atoms with Crippen LogP contribution in [-0.2, 0) is 11.2 Å². The van der Waals surface area contributed by atoms with E-state index < -0.39 is 0 Å². The number of carbonyl (C=O) groups excluding carboxylic acids is 1. The molecule has 1 saturated heterocycles. The molecule has 3 nitrogen and oxygen atoms in total. The number of piperidine rings is 1. The zero-order chi connectivity index (χ0) is 12.1. The van der Waals surface area contributed by atoms with Crippen molar-refractivity contribution in [1.29, 1.82) is 0 Å². The number of hydrogen-bond acceptors (Lipinski definition) is 2. The van der Waals surface area contributed by atoms with Crippen molar-refractivity contribution in [3.8, 4) is 0 Å². The number of nitrogens with one attached hydrogen (secondary N) is 2. The molecular formula is C14H21ClN2O. The molecule has 1 atom stereocenters. The van der Waals surface area contributed by atoms with Crippen molar-refractivity contribution in [3.63, 3.8) is 0 Å². The largest absolute Gasteiger partial charge is 0.352 e. The lowest BCUT2D eigenvalue weighted by molar-refractivity contribution is -0.121. The van der Waals surface area contributed by atoms with Crippen LogP contribution in [0.15, 0.2) is 24.3 Å². The van der Waals surface area contributed by atoms with Crippen molar-refractivity contribution < 1.29 is 4.79 Å². The maximum atomic E-state index is 11.9. The summed E-state index contributed by atoms with van der Waals surface area (Å²) in [5, 5.41) is 6.39. The van der Waals surface area contributed by atoms with Gasteiger partial charge in [0.1, 0.15) is 0 Å². The molecule has 1 fully saturated rings. The van der Waals surface area contributed by atoms with E-state index in [0.717, 1.165) is 31.5 Å². The summed E-state index contributed by atoms with van der Waals surface area (Å²) in [6, 6.07) is 8.36. The van der Waals surface area contributed by atoms with Crippen LogP contribution in [0.4, 0.5) is 0 Å². The summed E-state index contributed by atoms with van der Waals surface area (Å²) in [6.45, 7) is 4.02. The minimum atomic E-state index is 0. The molecule has 0 aliphatic carbocycles. The standard InChI is InChI=1S/C14H20N2O.ClH/c1-11-5-2-3-6-12(11)9-14(17)16-13-7-4-8-15-10-13;/h2-3,5-6,13,15H,4,7-10H2,1H3,(H,16,17);1H. The summed E-state index contributed by atoms with van der Waals surface area (Å²) in [6.07, 6.45) is 2.73. The average molecular weight is 269 g/mol. The molecule has 1 aromatic rings. The molecule has 1 heterocycles. The third-order valence-electron chi connectivity index (χ3n) is 3.27. The lowest BCUT2D eigenvalue weighted by atomic mass is 10.0. The predicted octanol–water partition coefficient (Wildman–Crippen LogP) is 1.83. The second kappa shape index (κ2) is 7.39. The zero-order valence-corrected chi connectivity index (χ0v) is 11.6. The summed E-state index contributed by atoms with van der Waals surface area (Å²) >= 11 is 0. The lowest BCUT2D eigenvalue weighted by Gasteiger charge is -2.23. The first-order chi connectivity index (χ1) is 8.25. The molecule has 4 heteroatoms. The van der Waals surface area contributed by atoms with E-state index in [1.807, 2.05) is 31.2 Å². The van der Waals surface area contributed by atoms with Gasteiger partial charge in [0.25, 0.3) is 0 Å². The molecule has 2 rings (SSSR count). The first-order valence-corrected chi connectivity index (χ1v) is 6.30. The molecule has 100 valence electrons. The Morgan fingerprint density at radius 3 is 2.89 bits per heavy atom. The van der Waals surface area contributed by atoms with Gasteiger partial charge in [-0.25, -0.2) is 0 Å². The first-order valence-electron chi connectivity index (χ1n) is 6.30. The molecule has 0 radical (unpaired) electrons. The van der Waals surface area contributed by atoms with E-state index in [4.69, 9.17) is 0 Å². The van der Waals surface area contributed by atoms with E-state index in [9.17, 15) is 4.79 Å². The number of rotatable bonds is 3. The van der Waals surface area contributed by atoms with Gasteiger partial charge in [-0.3, -0.25) is 4.79 Å². The third-order valence-corrected chi connectivity index (χ3v) is 3.27. The minimum Gasteiger partial charge on any atom is -0.352 e. The normalized spacial score (nSPS) is 18.8. The summed E-state index contributed by atoms with van der Waals surface area (Å²) in [5.74, 6) is 0.132. The summed E-state index contributed by atoms with van der Waals surface area (Å²) in [5.41, 5.74) is 2.30. The fraction of sp³-hybridized carbons (Fsp3) is 0.500. The Hall–Kier alpha value is -1.06. The summed E-state index contributed by atoms with van der Waals surface area (Å²) < 4.78 is 0. The Labute approximate surface area is 115 Å².